The fourth-order valence-corrected chi connectivity index (χ4v) is 2.07. The van der Waals surface area contributed by atoms with Gasteiger partial charge < -0.3 is 11.1 Å². The van der Waals surface area contributed by atoms with Gasteiger partial charge in [-0.05, 0) is 18.5 Å². The number of amides is 1. The van der Waals surface area contributed by atoms with E-state index in [0.717, 1.165) is 12.0 Å². The lowest BCUT2D eigenvalue weighted by atomic mass is 10.1. The maximum absolute atomic E-state index is 11.1. The van der Waals surface area contributed by atoms with Crippen molar-refractivity contribution in [2.45, 2.75) is 26.8 Å². The van der Waals surface area contributed by atoms with E-state index in [1.807, 2.05) is 24.8 Å². The van der Waals surface area contributed by atoms with Crippen molar-refractivity contribution in [3.8, 4) is 0 Å². The standard InChI is InChI=1S/C14H22N4O3/c1-3-8-16-14-11(6-5-7-12(14)18(20)21)9-17(4-2)10-13(15)19/h5-7,16H,3-4,8-10H2,1-2H3,(H2,15,19). The van der Waals surface area contributed by atoms with Crippen molar-refractivity contribution in [3.05, 3.63) is 33.9 Å². The highest BCUT2D eigenvalue weighted by molar-refractivity contribution is 5.76. The van der Waals surface area contributed by atoms with E-state index in [9.17, 15) is 14.9 Å². The summed E-state index contributed by atoms with van der Waals surface area (Å²) in [5, 5.41) is 14.3. The Kier molecular flexibility index (Phi) is 6.61. The van der Waals surface area contributed by atoms with Gasteiger partial charge in [-0.2, -0.15) is 0 Å². The van der Waals surface area contributed by atoms with Gasteiger partial charge >= 0.3 is 0 Å². The molecule has 1 rings (SSSR count). The summed E-state index contributed by atoms with van der Waals surface area (Å²) in [6.45, 7) is 5.77. The van der Waals surface area contributed by atoms with Gasteiger partial charge in [0.1, 0.15) is 5.69 Å². The summed E-state index contributed by atoms with van der Waals surface area (Å²) in [5.74, 6) is -0.412. The lowest BCUT2D eigenvalue weighted by Gasteiger charge is -2.20. The van der Waals surface area contributed by atoms with Crippen LogP contribution in [0.5, 0.6) is 0 Å². The first-order chi connectivity index (χ1) is 9.99. The van der Waals surface area contributed by atoms with Gasteiger partial charge in [-0.3, -0.25) is 19.8 Å². The normalized spacial score (nSPS) is 10.6. The number of likely N-dealkylation sites (N-methyl/N-ethyl adjacent to an activating group) is 1. The number of carbonyl (C=O) groups is 1. The molecule has 1 amide bonds. The molecule has 0 atom stereocenters. The summed E-state index contributed by atoms with van der Waals surface area (Å²) >= 11 is 0. The van der Waals surface area contributed by atoms with E-state index in [1.165, 1.54) is 6.07 Å². The maximum atomic E-state index is 11.1. The molecule has 0 aliphatic heterocycles. The van der Waals surface area contributed by atoms with Crippen LogP contribution in [0.1, 0.15) is 25.8 Å². The Morgan fingerprint density at radius 2 is 2.14 bits per heavy atom. The summed E-state index contributed by atoms with van der Waals surface area (Å²) in [6, 6.07) is 4.96. The molecule has 0 saturated carbocycles. The molecule has 0 heterocycles. The van der Waals surface area contributed by atoms with E-state index < -0.39 is 10.8 Å². The summed E-state index contributed by atoms with van der Waals surface area (Å²) in [6.07, 6.45) is 0.865. The number of hydrogen-bond acceptors (Lipinski definition) is 5. The Morgan fingerprint density at radius 3 is 2.67 bits per heavy atom. The second kappa shape index (κ2) is 8.21. The van der Waals surface area contributed by atoms with Gasteiger partial charge in [0.15, 0.2) is 0 Å². The predicted octanol–water partition coefficient (Wildman–Crippen LogP) is 1.72. The zero-order valence-corrected chi connectivity index (χ0v) is 12.5. The number of nitrogens with one attached hydrogen (secondary N) is 1. The number of primary amides is 1. The van der Waals surface area contributed by atoms with Crippen molar-refractivity contribution >= 4 is 17.3 Å². The number of benzene rings is 1. The van der Waals surface area contributed by atoms with Crippen LogP contribution < -0.4 is 11.1 Å². The molecule has 7 nitrogen and oxygen atoms in total. The summed E-state index contributed by atoms with van der Waals surface area (Å²) in [7, 11) is 0. The minimum Gasteiger partial charge on any atom is -0.379 e. The van der Waals surface area contributed by atoms with Gasteiger partial charge in [0.2, 0.25) is 5.91 Å². The van der Waals surface area contributed by atoms with Crippen LogP contribution in [0.25, 0.3) is 0 Å². The molecule has 7 heteroatoms. The molecule has 21 heavy (non-hydrogen) atoms. The zero-order chi connectivity index (χ0) is 15.8. The number of carbonyl (C=O) groups excluding carboxylic acids is 1. The van der Waals surface area contributed by atoms with Crippen LogP contribution in [0.2, 0.25) is 0 Å². The van der Waals surface area contributed by atoms with E-state index in [1.54, 1.807) is 6.07 Å². The van der Waals surface area contributed by atoms with Crippen molar-refractivity contribution in [1.82, 2.24) is 4.90 Å². The average molecular weight is 294 g/mol. The maximum Gasteiger partial charge on any atom is 0.292 e. The van der Waals surface area contributed by atoms with Crippen LogP contribution in [-0.4, -0.2) is 35.4 Å². The van der Waals surface area contributed by atoms with E-state index in [-0.39, 0.29) is 12.2 Å². The van der Waals surface area contributed by atoms with Crippen molar-refractivity contribution in [3.63, 3.8) is 0 Å². The van der Waals surface area contributed by atoms with Crippen molar-refractivity contribution in [1.29, 1.82) is 0 Å². The van der Waals surface area contributed by atoms with E-state index in [0.29, 0.717) is 25.3 Å². The Labute approximate surface area is 124 Å². The molecule has 0 aliphatic rings. The molecule has 0 unspecified atom stereocenters. The van der Waals surface area contributed by atoms with E-state index in [4.69, 9.17) is 5.73 Å². The predicted molar refractivity (Wildman–Crippen MR) is 82.0 cm³/mol. The molecule has 0 bridgehead atoms. The number of hydrogen-bond donors (Lipinski definition) is 2. The van der Waals surface area contributed by atoms with Crippen LogP contribution in [0.15, 0.2) is 18.2 Å². The fraction of sp³-hybridized carbons (Fsp3) is 0.500. The van der Waals surface area contributed by atoms with Crippen molar-refractivity contribution < 1.29 is 9.72 Å². The van der Waals surface area contributed by atoms with Crippen LogP contribution in [0.4, 0.5) is 11.4 Å². The lowest BCUT2D eigenvalue weighted by Crippen LogP contribution is -2.33. The first kappa shape index (κ1) is 16.9. The second-order valence-corrected chi connectivity index (χ2v) is 4.76. The molecule has 0 spiro atoms. The quantitative estimate of drug-likeness (QED) is 0.533. The van der Waals surface area contributed by atoms with Gasteiger partial charge in [-0.15, -0.1) is 0 Å². The number of nitrogens with two attached hydrogens (primary N) is 1. The van der Waals surface area contributed by atoms with Gasteiger partial charge in [0.05, 0.1) is 11.5 Å². The topological polar surface area (TPSA) is 102 Å². The molecular formula is C14H22N4O3. The Hall–Kier alpha value is -2.15. The van der Waals surface area contributed by atoms with Crippen LogP contribution >= 0.6 is 0 Å². The summed E-state index contributed by atoms with van der Waals surface area (Å²) in [5.41, 5.74) is 6.58. The van der Waals surface area contributed by atoms with Gasteiger partial charge in [0.25, 0.3) is 5.69 Å². The lowest BCUT2D eigenvalue weighted by molar-refractivity contribution is -0.384. The highest BCUT2D eigenvalue weighted by Crippen LogP contribution is 2.29. The third kappa shape index (κ3) is 5.03. The Balaban J connectivity index is 3.06. The first-order valence-corrected chi connectivity index (χ1v) is 7.00. The largest absolute Gasteiger partial charge is 0.379 e. The zero-order valence-electron chi connectivity index (χ0n) is 12.5. The molecule has 3 N–H and O–H groups in total. The molecule has 0 fully saturated rings. The molecule has 1 aromatic carbocycles. The molecule has 116 valence electrons. The molecule has 0 saturated heterocycles. The average Bonchev–Trinajstić information content (AvgIpc) is 2.44. The van der Waals surface area contributed by atoms with Crippen molar-refractivity contribution in [2.75, 3.05) is 25.0 Å². The Bertz CT molecular complexity index is 505. The molecule has 0 aromatic heterocycles. The number of para-hydroxylation sites is 1. The third-order valence-corrected chi connectivity index (χ3v) is 3.10. The third-order valence-electron chi connectivity index (χ3n) is 3.10. The monoisotopic (exact) mass is 294 g/mol. The number of rotatable bonds is 9. The molecule has 0 radical (unpaired) electrons. The van der Waals surface area contributed by atoms with Crippen LogP contribution in [-0.2, 0) is 11.3 Å². The number of anilines is 1. The highest BCUT2D eigenvalue weighted by Gasteiger charge is 2.18. The van der Waals surface area contributed by atoms with Crippen molar-refractivity contribution in [2.24, 2.45) is 5.73 Å². The number of nitro benzene ring substituents is 1. The van der Waals surface area contributed by atoms with Gasteiger partial charge in [-0.25, -0.2) is 0 Å². The first-order valence-electron chi connectivity index (χ1n) is 7.00. The summed E-state index contributed by atoms with van der Waals surface area (Å²) in [4.78, 5) is 23.6. The SMILES string of the molecule is CCCNc1c(CN(CC)CC(N)=O)cccc1[N+](=O)[O-]. The molecule has 1 aromatic rings. The van der Waals surface area contributed by atoms with Gasteiger partial charge in [0, 0.05) is 19.2 Å². The van der Waals surface area contributed by atoms with Crippen LogP contribution in [0, 0.1) is 10.1 Å². The number of nitrogens with zero attached hydrogens (tertiary/aromatic N) is 2. The fourth-order valence-electron chi connectivity index (χ4n) is 2.07. The van der Waals surface area contributed by atoms with E-state index in [2.05, 4.69) is 5.32 Å². The van der Waals surface area contributed by atoms with Crippen LogP contribution in [0.3, 0.4) is 0 Å². The summed E-state index contributed by atoms with van der Waals surface area (Å²) < 4.78 is 0. The second-order valence-electron chi connectivity index (χ2n) is 4.76. The smallest absolute Gasteiger partial charge is 0.292 e. The van der Waals surface area contributed by atoms with Gasteiger partial charge in [-0.1, -0.05) is 26.0 Å². The minimum atomic E-state index is -0.412. The highest BCUT2D eigenvalue weighted by atomic mass is 16.6. The Morgan fingerprint density at radius 1 is 1.43 bits per heavy atom. The molecule has 0 aliphatic carbocycles. The number of nitro groups is 1. The minimum absolute atomic E-state index is 0.0519. The molecular weight excluding hydrogens is 272 g/mol. The van der Waals surface area contributed by atoms with E-state index >= 15 is 0 Å².